The number of aldehydes is 1. The highest BCUT2D eigenvalue weighted by molar-refractivity contribution is 7.15. The van der Waals surface area contributed by atoms with Gasteiger partial charge < -0.3 is 5.32 Å². The van der Waals surface area contributed by atoms with E-state index >= 15 is 0 Å². The summed E-state index contributed by atoms with van der Waals surface area (Å²) in [5.74, 6) is -1.37. The zero-order valence-electron chi connectivity index (χ0n) is 16.5. The summed E-state index contributed by atoms with van der Waals surface area (Å²) >= 11 is 2.79. The minimum absolute atomic E-state index is 0.212. The Bertz CT molecular complexity index is 1190. The van der Waals surface area contributed by atoms with Crippen LogP contribution in [0.4, 0.5) is 9.52 Å². The Morgan fingerprint density at radius 1 is 1.13 bits per heavy atom. The smallest absolute Gasteiger partial charge is 0.230 e. The van der Waals surface area contributed by atoms with Gasteiger partial charge in [-0.25, -0.2) is 4.39 Å². The fraction of sp³-hybridized carbons (Fsp3) is 0.130. The van der Waals surface area contributed by atoms with Crippen LogP contribution in [0.3, 0.4) is 0 Å². The number of rotatable bonds is 7. The molecule has 2 atom stereocenters. The van der Waals surface area contributed by atoms with Crippen LogP contribution in [0.1, 0.15) is 33.6 Å². The van der Waals surface area contributed by atoms with Crippen molar-refractivity contribution in [3.8, 4) is 10.4 Å². The van der Waals surface area contributed by atoms with Gasteiger partial charge in [-0.15, -0.1) is 21.5 Å². The highest BCUT2D eigenvalue weighted by atomic mass is 32.1. The lowest BCUT2D eigenvalue weighted by Gasteiger charge is -2.22. The van der Waals surface area contributed by atoms with Crippen molar-refractivity contribution in [1.29, 1.82) is 0 Å². The molecule has 4 rings (SSSR count). The third-order valence-electron chi connectivity index (χ3n) is 4.98. The third-order valence-corrected chi connectivity index (χ3v) is 6.80. The number of anilines is 1. The van der Waals surface area contributed by atoms with Crippen molar-refractivity contribution >= 4 is 40.0 Å². The van der Waals surface area contributed by atoms with Crippen LogP contribution in [0.2, 0.25) is 0 Å². The molecule has 0 fully saturated rings. The van der Waals surface area contributed by atoms with Gasteiger partial charge in [-0.1, -0.05) is 54.7 Å². The molecule has 156 valence electrons. The van der Waals surface area contributed by atoms with E-state index in [9.17, 15) is 14.0 Å². The Hall–Kier alpha value is -3.23. The van der Waals surface area contributed by atoms with E-state index in [1.54, 1.807) is 35.0 Å². The zero-order chi connectivity index (χ0) is 21.8. The number of nitrogens with one attached hydrogen (secondary N) is 1. The molecule has 0 bridgehead atoms. The van der Waals surface area contributed by atoms with Crippen molar-refractivity contribution in [2.24, 2.45) is 5.92 Å². The van der Waals surface area contributed by atoms with E-state index in [1.807, 2.05) is 37.3 Å². The van der Waals surface area contributed by atoms with Crippen LogP contribution in [-0.2, 0) is 4.79 Å². The number of thiophene rings is 1. The standard InChI is InChI=1S/C23H18FN3O2S2/c1-14(22(29)26-23-27-25-13-30-23)21(17-3-2-4-18(24)11-17)20-10-9-19(31-20)16-7-5-15(12-28)6-8-16/h2-14,21H,1H3,(H,26,27,29)/t14?,21-/m1/s1. The van der Waals surface area contributed by atoms with E-state index < -0.39 is 5.92 Å². The number of hydrogen-bond acceptors (Lipinski definition) is 6. The van der Waals surface area contributed by atoms with Crippen LogP contribution >= 0.6 is 22.7 Å². The zero-order valence-corrected chi connectivity index (χ0v) is 18.1. The number of aromatic nitrogens is 2. The van der Waals surface area contributed by atoms with Gasteiger partial charge in [0.15, 0.2) is 0 Å². The fourth-order valence-corrected chi connectivity index (χ4v) is 5.09. The van der Waals surface area contributed by atoms with Crippen molar-refractivity contribution in [2.75, 3.05) is 5.32 Å². The maximum absolute atomic E-state index is 14.0. The summed E-state index contributed by atoms with van der Waals surface area (Å²) < 4.78 is 14.0. The normalized spacial score (nSPS) is 12.8. The van der Waals surface area contributed by atoms with E-state index in [4.69, 9.17) is 0 Å². The van der Waals surface area contributed by atoms with Crippen molar-refractivity contribution < 1.29 is 14.0 Å². The second-order valence-corrected chi connectivity index (χ2v) is 8.94. The van der Waals surface area contributed by atoms with Gasteiger partial charge in [0.05, 0.1) is 0 Å². The van der Waals surface area contributed by atoms with Crippen LogP contribution in [0.15, 0.2) is 66.2 Å². The van der Waals surface area contributed by atoms with Gasteiger partial charge in [-0.05, 0) is 35.4 Å². The number of hydrogen-bond donors (Lipinski definition) is 1. The lowest BCUT2D eigenvalue weighted by molar-refractivity contribution is -0.119. The minimum atomic E-state index is -0.477. The summed E-state index contributed by atoms with van der Waals surface area (Å²) in [7, 11) is 0. The van der Waals surface area contributed by atoms with Gasteiger partial charge in [-0.3, -0.25) is 9.59 Å². The summed E-state index contributed by atoms with van der Waals surface area (Å²) in [6.45, 7) is 1.82. The number of nitrogens with zero attached hydrogens (tertiary/aromatic N) is 2. The molecule has 31 heavy (non-hydrogen) atoms. The minimum Gasteiger partial charge on any atom is -0.300 e. The molecule has 0 saturated heterocycles. The van der Waals surface area contributed by atoms with E-state index in [2.05, 4.69) is 15.5 Å². The summed E-state index contributed by atoms with van der Waals surface area (Å²) in [5.41, 5.74) is 3.86. The van der Waals surface area contributed by atoms with Crippen molar-refractivity contribution in [3.63, 3.8) is 0 Å². The number of benzene rings is 2. The molecule has 0 spiro atoms. The number of halogens is 1. The predicted octanol–water partition coefficient (Wildman–Crippen LogP) is 5.62. The molecular formula is C23H18FN3O2S2. The van der Waals surface area contributed by atoms with Gasteiger partial charge >= 0.3 is 0 Å². The molecule has 0 aliphatic carbocycles. The van der Waals surface area contributed by atoms with Crippen molar-refractivity contribution in [3.05, 3.63) is 88.0 Å². The van der Waals surface area contributed by atoms with Crippen molar-refractivity contribution in [2.45, 2.75) is 12.8 Å². The van der Waals surface area contributed by atoms with Crippen LogP contribution in [0, 0.1) is 11.7 Å². The van der Waals surface area contributed by atoms with Crippen LogP contribution < -0.4 is 5.32 Å². The Morgan fingerprint density at radius 2 is 1.94 bits per heavy atom. The van der Waals surface area contributed by atoms with Gasteiger partial charge in [-0.2, -0.15) is 0 Å². The highest BCUT2D eigenvalue weighted by Crippen LogP contribution is 2.40. The SMILES string of the molecule is CC(C(=O)Nc1nncs1)[C@H](c1cccc(F)c1)c1ccc(-c2ccc(C=O)cc2)s1. The number of carbonyl (C=O) groups excluding carboxylic acids is 2. The molecule has 0 radical (unpaired) electrons. The molecule has 0 aliphatic heterocycles. The second kappa shape index (κ2) is 9.28. The molecule has 1 amide bonds. The molecule has 2 heterocycles. The average molecular weight is 452 g/mol. The summed E-state index contributed by atoms with van der Waals surface area (Å²) in [6, 6.07) is 17.6. The highest BCUT2D eigenvalue weighted by Gasteiger charge is 2.29. The topological polar surface area (TPSA) is 72.0 Å². The molecule has 0 saturated carbocycles. The Balaban J connectivity index is 1.68. The summed E-state index contributed by atoms with van der Waals surface area (Å²) in [4.78, 5) is 25.8. The largest absolute Gasteiger partial charge is 0.300 e. The molecule has 4 aromatic rings. The van der Waals surface area contributed by atoms with Crippen molar-refractivity contribution in [1.82, 2.24) is 10.2 Å². The van der Waals surface area contributed by atoms with Gasteiger partial charge in [0.1, 0.15) is 17.6 Å². The average Bonchev–Trinajstić information content (AvgIpc) is 3.46. The summed E-state index contributed by atoms with van der Waals surface area (Å²) in [6.07, 6.45) is 0.807. The first-order valence-corrected chi connectivity index (χ1v) is 11.2. The number of amides is 1. The Kier molecular flexibility index (Phi) is 6.29. The molecule has 8 heteroatoms. The first kappa shape index (κ1) is 21.0. The quantitative estimate of drug-likeness (QED) is 0.370. The van der Waals surface area contributed by atoms with Gasteiger partial charge in [0.25, 0.3) is 0 Å². The first-order chi connectivity index (χ1) is 15.0. The van der Waals surface area contributed by atoms with Gasteiger partial charge in [0, 0.05) is 27.2 Å². The molecule has 1 N–H and O–H groups in total. The maximum atomic E-state index is 14.0. The van der Waals surface area contributed by atoms with Crippen LogP contribution in [0.25, 0.3) is 10.4 Å². The molecule has 2 aromatic heterocycles. The predicted molar refractivity (Wildman–Crippen MR) is 121 cm³/mol. The molecule has 2 aromatic carbocycles. The molecule has 0 aliphatic rings. The Labute approximate surface area is 186 Å². The Morgan fingerprint density at radius 3 is 2.61 bits per heavy atom. The fourth-order valence-electron chi connectivity index (χ4n) is 3.40. The second-order valence-electron chi connectivity index (χ2n) is 7.00. The molecule has 5 nitrogen and oxygen atoms in total. The van der Waals surface area contributed by atoms with E-state index in [-0.39, 0.29) is 17.6 Å². The van der Waals surface area contributed by atoms with Crippen LogP contribution in [0.5, 0.6) is 0 Å². The third kappa shape index (κ3) is 4.76. The lowest BCUT2D eigenvalue weighted by Crippen LogP contribution is -2.26. The monoisotopic (exact) mass is 451 g/mol. The summed E-state index contributed by atoms with van der Waals surface area (Å²) in [5, 5.41) is 10.8. The van der Waals surface area contributed by atoms with E-state index in [0.717, 1.165) is 27.2 Å². The molecular weight excluding hydrogens is 433 g/mol. The first-order valence-electron chi connectivity index (χ1n) is 9.53. The maximum Gasteiger partial charge on any atom is 0.230 e. The lowest BCUT2D eigenvalue weighted by atomic mass is 9.85. The van der Waals surface area contributed by atoms with E-state index in [0.29, 0.717) is 10.7 Å². The molecule has 1 unspecified atom stereocenters. The van der Waals surface area contributed by atoms with E-state index in [1.165, 1.54) is 23.5 Å². The number of carbonyl (C=O) groups is 2. The van der Waals surface area contributed by atoms with Gasteiger partial charge in [0.2, 0.25) is 11.0 Å². The van der Waals surface area contributed by atoms with Crippen LogP contribution in [-0.4, -0.2) is 22.4 Å².